The zero-order valence-corrected chi connectivity index (χ0v) is 16.7. The fraction of sp³-hybridized carbons (Fsp3) is 0.227. The van der Waals surface area contributed by atoms with Crippen LogP contribution in [0, 0.1) is 12.7 Å². The van der Waals surface area contributed by atoms with Gasteiger partial charge < -0.3 is 20.9 Å². The Hall–Kier alpha value is -3.68. The Bertz CT molecular complexity index is 1020. The van der Waals surface area contributed by atoms with E-state index in [1.807, 2.05) is 25.1 Å². The molecule has 0 unspecified atom stereocenters. The molecular weight excluding hydrogens is 383 g/mol. The molecule has 0 saturated carbocycles. The van der Waals surface area contributed by atoms with E-state index in [1.54, 1.807) is 12.1 Å². The number of nitrogens with zero attached hydrogens (tertiary/aromatic N) is 3. The maximum absolute atomic E-state index is 12.9. The van der Waals surface area contributed by atoms with Gasteiger partial charge in [0.1, 0.15) is 23.3 Å². The van der Waals surface area contributed by atoms with E-state index in [9.17, 15) is 9.18 Å². The van der Waals surface area contributed by atoms with Gasteiger partial charge in [-0.2, -0.15) is 0 Å². The number of rotatable bonds is 5. The summed E-state index contributed by atoms with van der Waals surface area (Å²) in [4.78, 5) is 23.4. The van der Waals surface area contributed by atoms with Crippen molar-refractivity contribution in [2.24, 2.45) is 0 Å². The molecule has 3 N–H and O–H groups in total. The number of hydrogen-bond acceptors (Lipinski definition) is 5. The standard InChI is InChI=1S/C22H23FN6O/c1-15-24-20(14-21(25-15)29-12-2-3-13-29)26-17-8-10-19(11-9-17)28-22(30)27-18-6-4-16(23)5-7-18/h4-11,14H,2-3,12-13H2,1H3,(H,24,25,26)(H2,27,28,30). The van der Waals surface area contributed by atoms with Gasteiger partial charge in [0.15, 0.2) is 0 Å². The first-order valence-electron chi connectivity index (χ1n) is 9.86. The van der Waals surface area contributed by atoms with E-state index in [2.05, 4.69) is 30.8 Å². The number of aryl methyl sites for hydroxylation is 1. The van der Waals surface area contributed by atoms with E-state index in [1.165, 1.54) is 37.1 Å². The summed E-state index contributed by atoms with van der Waals surface area (Å²) in [7, 11) is 0. The number of aromatic nitrogens is 2. The van der Waals surface area contributed by atoms with Crippen LogP contribution >= 0.6 is 0 Å². The summed E-state index contributed by atoms with van der Waals surface area (Å²) >= 11 is 0. The Morgan fingerprint density at radius 3 is 2.10 bits per heavy atom. The molecule has 0 atom stereocenters. The molecule has 4 rings (SSSR count). The highest BCUT2D eigenvalue weighted by atomic mass is 19.1. The number of carbonyl (C=O) groups excluding carboxylic acids is 1. The molecular formula is C22H23FN6O. The van der Waals surface area contributed by atoms with E-state index in [0.717, 1.165) is 36.2 Å². The Labute approximate surface area is 174 Å². The average Bonchev–Trinajstić information content (AvgIpc) is 3.26. The van der Waals surface area contributed by atoms with E-state index in [0.29, 0.717) is 11.4 Å². The molecule has 2 aromatic carbocycles. The van der Waals surface area contributed by atoms with Crippen LogP contribution in [-0.4, -0.2) is 29.1 Å². The summed E-state index contributed by atoms with van der Waals surface area (Å²) in [5, 5.41) is 8.70. The van der Waals surface area contributed by atoms with Gasteiger partial charge in [-0.1, -0.05) is 0 Å². The minimum absolute atomic E-state index is 0.351. The average molecular weight is 406 g/mol. The fourth-order valence-electron chi connectivity index (χ4n) is 3.34. The number of urea groups is 1. The van der Waals surface area contributed by atoms with E-state index >= 15 is 0 Å². The van der Waals surface area contributed by atoms with Crippen molar-refractivity contribution in [3.8, 4) is 0 Å². The van der Waals surface area contributed by atoms with Gasteiger partial charge in [0, 0.05) is 36.2 Å². The first-order valence-corrected chi connectivity index (χ1v) is 9.86. The van der Waals surface area contributed by atoms with Gasteiger partial charge in [-0.25, -0.2) is 19.2 Å². The van der Waals surface area contributed by atoms with Crippen LogP contribution < -0.4 is 20.9 Å². The lowest BCUT2D eigenvalue weighted by molar-refractivity contribution is 0.262. The molecule has 0 spiro atoms. The molecule has 1 aromatic heterocycles. The summed E-state index contributed by atoms with van der Waals surface area (Å²) in [6, 6.07) is 14.5. The Morgan fingerprint density at radius 2 is 1.47 bits per heavy atom. The summed E-state index contributed by atoms with van der Waals surface area (Å²) in [5.74, 6) is 2.05. The molecule has 1 aliphatic heterocycles. The number of halogens is 1. The first kappa shape index (κ1) is 19.6. The summed E-state index contributed by atoms with van der Waals surface area (Å²) in [5.41, 5.74) is 2.00. The van der Waals surface area contributed by atoms with Crippen LogP contribution in [0.3, 0.4) is 0 Å². The van der Waals surface area contributed by atoms with E-state index < -0.39 is 6.03 Å². The van der Waals surface area contributed by atoms with Crippen LogP contribution in [0.25, 0.3) is 0 Å². The predicted octanol–water partition coefficient (Wildman–Crippen LogP) is 4.91. The van der Waals surface area contributed by atoms with Crippen molar-refractivity contribution in [3.63, 3.8) is 0 Å². The number of nitrogens with one attached hydrogen (secondary N) is 3. The second-order valence-electron chi connectivity index (χ2n) is 7.14. The SMILES string of the molecule is Cc1nc(Nc2ccc(NC(=O)Nc3ccc(F)cc3)cc2)cc(N2CCCC2)n1. The van der Waals surface area contributed by atoms with E-state index in [-0.39, 0.29) is 5.82 Å². The summed E-state index contributed by atoms with van der Waals surface area (Å²) < 4.78 is 12.9. The third-order valence-electron chi connectivity index (χ3n) is 4.77. The highest BCUT2D eigenvalue weighted by Gasteiger charge is 2.15. The lowest BCUT2D eigenvalue weighted by Gasteiger charge is -2.18. The van der Waals surface area contributed by atoms with Gasteiger partial charge in [0.25, 0.3) is 0 Å². The third kappa shape index (κ3) is 5.02. The van der Waals surface area contributed by atoms with Gasteiger partial charge in [0.05, 0.1) is 0 Å². The summed E-state index contributed by atoms with van der Waals surface area (Å²) in [6.07, 6.45) is 2.38. The van der Waals surface area contributed by atoms with Gasteiger partial charge in [-0.3, -0.25) is 0 Å². The molecule has 154 valence electrons. The van der Waals surface area contributed by atoms with Crippen LogP contribution in [0.4, 0.5) is 37.9 Å². The maximum atomic E-state index is 12.9. The second kappa shape index (κ2) is 8.77. The molecule has 1 fully saturated rings. The van der Waals surface area contributed by atoms with Crippen molar-refractivity contribution in [3.05, 3.63) is 66.2 Å². The van der Waals surface area contributed by atoms with Gasteiger partial charge in [-0.15, -0.1) is 0 Å². The highest BCUT2D eigenvalue weighted by Crippen LogP contribution is 2.23. The van der Waals surface area contributed by atoms with Crippen LogP contribution in [0.15, 0.2) is 54.6 Å². The molecule has 1 aliphatic rings. The molecule has 2 amide bonds. The molecule has 0 bridgehead atoms. The molecule has 2 heterocycles. The summed E-state index contributed by atoms with van der Waals surface area (Å²) in [6.45, 7) is 3.93. The Balaban J connectivity index is 1.37. The highest BCUT2D eigenvalue weighted by molar-refractivity contribution is 5.99. The minimum atomic E-state index is -0.399. The largest absolute Gasteiger partial charge is 0.356 e. The van der Waals surface area contributed by atoms with Gasteiger partial charge >= 0.3 is 6.03 Å². The molecule has 3 aromatic rings. The molecule has 0 aliphatic carbocycles. The zero-order valence-electron chi connectivity index (χ0n) is 16.7. The quantitative estimate of drug-likeness (QED) is 0.561. The topological polar surface area (TPSA) is 82.2 Å². The zero-order chi connectivity index (χ0) is 20.9. The molecule has 8 heteroatoms. The molecule has 0 radical (unpaired) electrons. The van der Waals surface area contributed by atoms with Crippen molar-refractivity contribution in [1.82, 2.24) is 9.97 Å². The maximum Gasteiger partial charge on any atom is 0.323 e. The number of anilines is 5. The predicted molar refractivity (Wildman–Crippen MR) is 117 cm³/mol. The number of amides is 2. The number of hydrogen-bond donors (Lipinski definition) is 3. The monoisotopic (exact) mass is 406 g/mol. The van der Waals surface area contributed by atoms with Gasteiger partial charge in [0.2, 0.25) is 0 Å². The first-order chi connectivity index (χ1) is 14.5. The van der Waals surface area contributed by atoms with Crippen molar-refractivity contribution in [1.29, 1.82) is 0 Å². The fourth-order valence-corrected chi connectivity index (χ4v) is 3.34. The van der Waals surface area contributed by atoms with E-state index in [4.69, 9.17) is 0 Å². The van der Waals surface area contributed by atoms with Gasteiger partial charge in [-0.05, 0) is 68.3 Å². The number of carbonyl (C=O) groups is 1. The smallest absolute Gasteiger partial charge is 0.323 e. The molecule has 7 nitrogen and oxygen atoms in total. The Kier molecular flexibility index (Phi) is 5.74. The van der Waals surface area contributed by atoms with Crippen molar-refractivity contribution in [2.45, 2.75) is 19.8 Å². The second-order valence-corrected chi connectivity index (χ2v) is 7.14. The third-order valence-corrected chi connectivity index (χ3v) is 4.77. The van der Waals surface area contributed by atoms with Crippen LogP contribution in [0.2, 0.25) is 0 Å². The molecule has 1 saturated heterocycles. The Morgan fingerprint density at radius 1 is 0.900 bits per heavy atom. The lowest BCUT2D eigenvalue weighted by Crippen LogP contribution is -2.20. The lowest BCUT2D eigenvalue weighted by atomic mass is 10.2. The van der Waals surface area contributed by atoms with Crippen molar-refractivity contribution < 1.29 is 9.18 Å². The molecule has 30 heavy (non-hydrogen) atoms. The van der Waals surface area contributed by atoms with Crippen LogP contribution in [-0.2, 0) is 0 Å². The van der Waals surface area contributed by atoms with Crippen molar-refractivity contribution >= 4 is 34.7 Å². The van der Waals surface area contributed by atoms with Crippen molar-refractivity contribution in [2.75, 3.05) is 33.9 Å². The number of benzene rings is 2. The van der Waals surface area contributed by atoms with Crippen LogP contribution in [0.1, 0.15) is 18.7 Å². The van der Waals surface area contributed by atoms with Crippen LogP contribution in [0.5, 0.6) is 0 Å². The normalized spacial score (nSPS) is 13.2. The minimum Gasteiger partial charge on any atom is -0.356 e.